The SMILES string of the molecule is C=CCOc1c(OC)cccc1[C@H]1CC(=O)Nc2c1c(C)nn2-c1nncc(-c2ccc(OC)cc2)n1. The highest BCUT2D eigenvalue weighted by Gasteiger charge is 2.35. The maximum absolute atomic E-state index is 12.9. The molecule has 37 heavy (non-hydrogen) atoms. The van der Waals surface area contributed by atoms with Crippen molar-refractivity contribution in [2.75, 3.05) is 26.1 Å². The first-order valence-electron chi connectivity index (χ1n) is 11.7. The van der Waals surface area contributed by atoms with Crippen LogP contribution < -0.4 is 19.5 Å². The number of amides is 1. The summed E-state index contributed by atoms with van der Waals surface area (Å²) in [6.45, 7) is 5.94. The van der Waals surface area contributed by atoms with E-state index in [0.717, 1.165) is 28.1 Å². The molecule has 10 heteroatoms. The third-order valence-electron chi connectivity index (χ3n) is 6.18. The van der Waals surface area contributed by atoms with Crippen LogP contribution in [0.15, 0.2) is 61.3 Å². The quantitative estimate of drug-likeness (QED) is 0.362. The van der Waals surface area contributed by atoms with Crippen molar-refractivity contribution in [2.24, 2.45) is 0 Å². The first kappa shape index (κ1) is 24.0. The lowest BCUT2D eigenvalue weighted by molar-refractivity contribution is -0.116. The van der Waals surface area contributed by atoms with Crippen molar-refractivity contribution in [1.82, 2.24) is 25.0 Å². The van der Waals surface area contributed by atoms with Crippen molar-refractivity contribution in [3.8, 4) is 34.5 Å². The fourth-order valence-corrected chi connectivity index (χ4v) is 4.51. The molecule has 1 N–H and O–H groups in total. The van der Waals surface area contributed by atoms with Crippen LogP contribution >= 0.6 is 0 Å². The molecule has 0 saturated carbocycles. The standard InChI is InChI=1S/C27H26N6O4/c1-5-13-37-25-19(7-6-8-22(25)36-4)20-14-23(34)30-26-24(20)16(2)32-33(26)27-29-21(15-28-31-27)17-9-11-18(35-3)12-10-17/h5-12,15,20H,1,13-14H2,2-4H3,(H,30,34)/t20-/m1/s1. The van der Waals surface area contributed by atoms with Crippen LogP contribution in [0.25, 0.3) is 17.2 Å². The normalized spacial score (nSPS) is 14.5. The summed E-state index contributed by atoms with van der Waals surface area (Å²) in [5.41, 5.74) is 3.87. The molecule has 1 amide bonds. The van der Waals surface area contributed by atoms with E-state index in [9.17, 15) is 4.79 Å². The van der Waals surface area contributed by atoms with Crippen molar-refractivity contribution in [3.63, 3.8) is 0 Å². The topological polar surface area (TPSA) is 113 Å². The van der Waals surface area contributed by atoms with Gasteiger partial charge in [-0.3, -0.25) is 4.79 Å². The third-order valence-corrected chi connectivity index (χ3v) is 6.18. The van der Waals surface area contributed by atoms with E-state index in [1.54, 1.807) is 26.5 Å². The molecule has 3 heterocycles. The minimum absolute atomic E-state index is 0.157. The number of aromatic nitrogens is 5. The number of hydrogen-bond donors (Lipinski definition) is 1. The largest absolute Gasteiger partial charge is 0.497 e. The summed E-state index contributed by atoms with van der Waals surface area (Å²) in [5.74, 6) is 2.17. The second-order valence-electron chi connectivity index (χ2n) is 8.41. The molecule has 1 aliphatic heterocycles. The Kier molecular flexibility index (Phi) is 6.55. The predicted octanol–water partition coefficient (Wildman–Crippen LogP) is 4.09. The van der Waals surface area contributed by atoms with E-state index < -0.39 is 0 Å². The van der Waals surface area contributed by atoms with E-state index in [1.165, 1.54) is 4.68 Å². The van der Waals surface area contributed by atoms with Crippen LogP contribution in [0.2, 0.25) is 0 Å². The van der Waals surface area contributed by atoms with E-state index in [1.807, 2.05) is 49.4 Å². The monoisotopic (exact) mass is 498 g/mol. The lowest BCUT2D eigenvalue weighted by atomic mass is 9.85. The Hall–Kier alpha value is -4.73. The molecule has 2 aromatic carbocycles. The van der Waals surface area contributed by atoms with E-state index in [-0.39, 0.29) is 24.2 Å². The summed E-state index contributed by atoms with van der Waals surface area (Å²) >= 11 is 0. The fourth-order valence-electron chi connectivity index (χ4n) is 4.51. The summed E-state index contributed by atoms with van der Waals surface area (Å²) in [6, 6.07) is 13.1. The maximum atomic E-state index is 12.9. The number of carbonyl (C=O) groups is 1. The van der Waals surface area contributed by atoms with Gasteiger partial charge in [0.15, 0.2) is 11.5 Å². The molecule has 4 aromatic rings. The number of nitrogens with zero attached hydrogens (tertiary/aromatic N) is 5. The molecule has 1 aliphatic rings. The van der Waals surface area contributed by atoms with Gasteiger partial charge in [-0.2, -0.15) is 14.9 Å². The van der Waals surface area contributed by atoms with Gasteiger partial charge >= 0.3 is 0 Å². The average molecular weight is 499 g/mol. The van der Waals surface area contributed by atoms with Gasteiger partial charge in [0.25, 0.3) is 5.95 Å². The number of aryl methyl sites for hydroxylation is 1. The minimum atomic E-state index is -0.315. The Bertz CT molecular complexity index is 1460. The highest BCUT2D eigenvalue weighted by Crippen LogP contribution is 2.45. The fraction of sp³-hybridized carbons (Fsp3) is 0.222. The van der Waals surface area contributed by atoms with Gasteiger partial charge in [-0.1, -0.05) is 24.8 Å². The first-order valence-corrected chi connectivity index (χ1v) is 11.7. The highest BCUT2D eigenvalue weighted by molar-refractivity contribution is 5.95. The number of methoxy groups -OCH3 is 2. The molecular formula is C27H26N6O4. The van der Waals surface area contributed by atoms with Crippen molar-refractivity contribution in [3.05, 3.63) is 78.1 Å². The molecule has 0 saturated heterocycles. The Morgan fingerprint density at radius 3 is 2.70 bits per heavy atom. The van der Waals surface area contributed by atoms with Crippen LogP contribution in [-0.4, -0.2) is 51.7 Å². The molecule has 2 aromatic heterocycles. The summed E-state index contributed by atoms with van der Waals surface area (Å²) in [7, 11) is 3.20. The number of rotatable bonds is 8. The number of benzene rings is 2. The zero-order chi connectivity index (χ0) is 25.9. The molecule has 188 valence electrons. The maximum Gasteiger partial charge on any atom is 0.272 e. The van der Waals surface area contributed by atoms with E-state index in [2.05, 4.69) is 27.1 Å². The van der Waals surface area contributed by atoms with Gasteiger partial charge in [0, 0.05) is 29.0 Å². The summed E-state index contributed by atoms with van der Waals surface area (Å²) in [5, 5.41) is 16.0. The zero-order valence-corrected chi connectivity index (χ0v) is 20.8. The van der Waals surface area contributed by atoms with Gasteiger partial charge in [-0.25, -0.2) is 4.98 Å². The van der Waals surface area contributed by atoms with Gasteiger partial charge in [0.05, 0.1) is 31.8 Å². The van der Waals surface area contributed by atoms with Crippen molar-refractivity contribution in [2.45, 2.75) is 19.3 Å². The molecule has 0 fully saturated rings. The van der Waals surface area contributed by atoms with E-state index >= 15 is 0 Å². The van der Waals surface area contributed by atoms with Gasteiger partial charge < -0.3 is 19.5 Å². The second-order valence-corrected chi connectivity index (χ2v) is 8.41. The molecule has 5 rings (SSSR count). The van der Waals surface area contributed by atoms with Gasteiger partial charge in [0.2, 0.25) is 5.91 Å². The number of hydrogen-bond acceptors (Lipinski definition) is 8. The molecule has 0 aliphatic carbocycles. The summed E-state index contributed by atoms with van der Waals surface area (Å²) in [4.78, 5) is 17.6. The molecule has 1 atom stereocenters. The average Bonchev–Trinajstić information content (AvgIpc) is 3.27. The van der Waals surface area contributed by atoms with E-state index in [0.29, 0.717) is 29.6 Å². The summed E-state index contributed by atoms with van der Waals surface area (Å²) in [6.07, 6.45) is 3.47. The van der Waals surface area contributed by atoms with Crippen molar-refractivity contribution in [1.29, 1.82) is 0 Å². The smallest absolute Gasteiger partial charge is 0.272 e. The van der Waals surface area contributed by atoms with Crippen molar-refractivity contribution < 1.29 is 19.0 Å². The highest BCUT2D eigenvalue weighted by atomic mass is 16.5. The number of para-hydroxylation sites is 1. The number of anilines is 1. The molecule has 10 nitrogen and oxygen atoms in total. The van der Waals surface area contributed by atoms with Crippen LogP contribution in [0.1, 0.15) is 29.2 Å². The second kappa shape index (κ2) is 10.1. The van der Waals surface area contributed by atoms with Crippen LogP contribution in [0.5, 0.6) is 17.2 Å². The Morgan fingerprint density at radius 1 is 1.16 bits per heavy atom. The van der Waals surface area contributed by atoms with Crippen LogP contribution in [0, 0.1) is 6.92 Å². The van der Waals surface area contributed by atoms with Gasteiger partial charge in [-0.05, 0) is 37.3 Å². The molecule has 0 radical (unpaired) electrons. The van der Waals surface area contributed by atoms with Gasteiger partial charge in [-0.15, -0.1) is 5.10 Å². The molecule has 0 bridgehead atoms. The Labute approximate surface area is 213 Å². The van der Waals surface area contributed by atoms with Crippen LogP contribution in [0.3, 0.4) is 0 Å². The Morgan fingerprint density at radius 2 is 1.97 bits per heavy atom. The number of ether oxygens (including phenoxy) is 3. The summed E-state index contributed by atoms with van der Waals surface area (Å²) < 4.78 is 18.3. The molecule has 0 spiro atoms. The van der Waals surface area contributed by atoms with E-state index in [4.69, 9.17) is 19.3 Å². The number of nitrogens with one attached hydrogen (secondary N) is 1. The molecule has 0 unspecified atom stereocenters. The predicted molar refractivity (Wildman–Crippen MR) is 137 cm³/mol. The Balaban J connectivity index is 1.60. The lowest BCUT2D eigenvalue weighted by Gasteiger charge is -2.26. The van der Waals surface area contributed by atoms with Crippen LogP contribution in [0.4, 0.5) is 5.82 Å². The molecular weight excluding hydrogens is 472 g/mol. The van der Waals surface area contributed by atoms with Gasteiger partial charge in [0.1, 0.15) is 18.2 Å². The third kappa shape index (κ3) is 4.49. The van der Waals surface area contributed by atoms with Crippen LogP contribution in [-0.2, 0) is 4.79 Å². The minimum Gasteiger partial charge on any atom is -0.497 e. The number of carbonyl (C=O) groups excluding carboxylic acids is 1. The number of fused-ring (bicyclic) bond motifs is 1. The zero-order valence-electron chi connectivity index (χ0n) is 20.8. The lowest BCUT2D eigenvalue weighted by Crippen LogP contribution is -2.25. The first-order chi connectivity index (χ1) is 18.0. The van der Waals surface area contributed by atoms with Crippen molar-refractivity contribution >= 4 is 11.7 Å².